The van der Waals surface area contributed by atoms with Crippen LogP contribution in [0.5, 0.6) is 5.75 Å². The number of likely N-dealkylation sites (N-methyl/N-ethyl adjacent to an activating group) is 1. The number of hydrogen-bond donors (Lipinski definition) is 0. The summed E-state index contributed by atoms with van der Waals surface area (Å²) in [6.45, 7) is 8.84. The molecule has 0 bridgehead atoms. The summed E-state index contributed by atoms with van der Waals surface area (Å²) < 4.78 is 10.9. The minimum atomic E-state index is -0.317. The second-order valence-electron chi connectivity index (χ2n) is 6.01. The molecule has 1 fully saturated rings. The van der Waals surface area contributed by atoms with E-state index in [9.17, 15) is 4.79 Å². The normalized spacial score (nSPS) is 18.0. The van der Waals surface area contributed by atoms with E-state index >= 15 is 0 Å². The van der Waals surface area contributed by atoms with Crippen LogP contribution >= 0.6 is 0 Å². The maximum Gasteiger partial charge on any atom is 0.344 e. The molecule has 5 heteroatoms. The summed E-state index contributed by atoms with van der Waals surface area (Å²) in [7, 11) is 2.13. The standard InChI is InChI=1S/C17H26N2O3/c1-14-5-4-6-16(11-14)21-13-17(20)22-15(2)12-19-9-7-18(3)8-10-19/h4-6,11,15H,7-10,12-13H2,1-3H3. The van der Waals surface area contributed by atoms with Crippen molar-refractivity contribution in [3.8, 4) is 5.75 Å². The quantitative estimate of drug-likeness (QED) is 0.746. The molecule has 1 aliphatic rings. The van der Waals surface area contributed by atoms with Gasteiger partial charge in [-0.2, -0.15) is 0 Å². The number of hydrogen-bond acceptors (Lipinski definition) is 5. The van der Waals surface area contributed by atoms with E-state index in [1.807, 2.05) is 38.1 Å². The molecule has 122 valence electrons. The van der Waals surface area contributed by atoms with E-state index in [0.717, 1.165) is 38.3 Å². The van der Waals surface area contributed by atoms with Gasteiger partial charge in [-0.25, -0.2) is 4.79 Å². The lowest BCUT2D eigenvalue weighted by atomic mass is 10.2. The van der Waals surface area contributed by atoms with E-state index in [1.54, 1.807) is 0 Å². The lowest BCUT2D eigenvalue weighted by Gasteiger charge is -2.33. The molecule has 1 unspecified atom stereocenters. The zero-order valence-corrected chi connectivity index (χ0v) is 13.7. The molecule has 0 radical (unpaired) electrons. The molecule has 0 aliphatic carbocycles. The first-order valence-corrected chi connectivity index (χ1v) is 7.83. The first kappa shape index (κ1) is 16.8. The van der Waals surface area contributed by atoms with E-state index in [-0.39, 0.29) is 18.7 Å². The number of esters is 1. The van der Waals surface area contributed by atoms with Crippen molar-refractivity contribution in [2.75, 3.05) is 46.4 Å². The second-order valence-corrected chi connectivity index (χ2v) is 6.01. The smallest absolute Gasteiger partial charge is 0.344 e. The molecule has 0 saturated carbocycles. The van der Waals surface area contributed by atoms with Crippen molar-refractivity contribution in [3.63, 3.8) is 0 Å². The molecule has 0 spiro atoms. The molecule has 22 heavy (non-hydrogen) atoms. The fraction of sp³-hybridized carbons (Fsp3) is 0.588. The predicted molar refractivity (Wildman–Crippen MR) is 86.2 cm³/mol. The van der Waals surface area contributed by atoms with Gasteiger partial charge in [0.1, 0.15) is 11.9 Å². The molecule has 1 aromatic rings. The fourth-order valence-corrected chi connectivity index (χ4v) is 2.54. The Labute approximate surface area is 132 Å². The summed E-state index contributed by atoms with van der Waals surface area (Å²) in [5, 5.41) is 0. The van der Waals surface area contributed by atoms with Gasteiger partial charge in [0, 0.05) is 32.7 Å². The van der Waals surface area contributed by atoms with Gasteiger partial charge in [-0.05, 0) is 38.6 Å². The molecule has 1 aromatic carbocycles. The summed E-state index contributed by atoms with van der Waals surface area (Å²) in [6.07, 6.45) is -0.114. The number of piperazine rings is 1. The maximum absolute atomic E-state index is 11.8. The molecule has 0 aromatic heterocycles. The van der Waals surface area contributed by atoms with Gasteiger partial charge in [0.15, 0.2) is 6.61 Å². The largest absolute Gasteiger partial charge is 0.482 e. The Morgan fingerprint density at radius 1 is 1.27 bits per heavy atom. The summed E-state index contributed by atoms with van der Waals surface area (Å²) in [5.41, 5.74) is 1.11. The van der Waals surface area contributed by atoms with Crippen LogP contribution in [0, 0.1) is 6.92 Å². The third-order valence-electron chi connectivity index (χ3n) is 3.79. The van der Waals surface area contributed by atoms with Gasteiger partial charge in [0.2, 0.25) is 0 Å². The molecule has 0 N–H and O–H groups in total. The lowest BCUT2D eigenvalue weighted by Crippen LogP contribution is -2.47. The van der Waals surface area contributed by atoms with E-state index in [1.165, 1.54) is 0 Å². The topological polar surface area (TPSA) is 42.0 Å². The Hall–Kier alpha value is -1.59. The molecule has 1 atom stereocenters. The van der Waals surface area contributed by atoms with Crippen molar-refractivity contribution >= 4 is 5.97 Å². The van der Waals surface area contributed by atoms with Gasteiger partial charge < -0.3 is 14.4 Å². The minimum absolute atomic E-state index is 0.0451. The average Bonchev–Trinajstić information content (AvgIpc) is 2.47. The molecule has 0 amide bonds. The van der Waals surface area contributed by atoms with Crippen molar-refractivity contribution in [2.24, 2.45) is 0 Å². The van der Waals surface area contributed by atoms with Crippen molar-refractivity contribution in [1.29, 1.82) is 0 Å². The number of carbonyl (C=O) groups is 1. The van der Waals surface area contributed by atoms with E-state index in [0.29, 0.717) is 5.75 Å². The molecule has 1 saturated heterocycles. The monoisotopic (exact) mass is 306 g/mol. The van der Waals surface area contributed by atoms with Crippen molar-refractivity contribution < 1.29 is 14.3 Å². The van der Waals surface area contributed by atoms with Crippen LogP contribution in [0.2, 0.25) is 0 Å². The third-order valence-corrected chi connectivity index (χ3v) is 3.79. The Kier molecular flexibility index (Phi) is 6.21. The van der Waals surface area contributed by atoms with Crippen molar-refractivity contribution in [1.82, 2.24) is 9.80 Å². The molecule has 1 heterocycles. The second kappa shape index (κ2) is 8.15. The molecular weight excluding hydrogens is 280 g/mol. The lowest BCUT2D eigenvalue weighted by molar-refractivity contribution is -0.151. The summed E-state index contributed by atoms with van der Waals surface area (Å²) in [4.78, 5) is 16.5. The number of ether oxygens (including phenoxy) is 2. The number of nitrogens with zero attached hydrogens (tertiary/aromatic N) is 2. The number of aryl methyl sites for hydroxylation is 1. The number of benzene rings is 1. The van der Waals surface area contributed by atoms with E-state index in [2.05, 4.69) is 16.8 Å². The van der Waals surface area contributed by atoms with Crippen LogP contribution in [0.4, 0.5) is 0 Å². The summed E-state index contributed by atoms with van der Waals surface area (Å²) >= 11 is 0. The minimum Gasteiger partial charge on any atom is -0.482 e. The summed E-state index contributed by atoms with van der Waals surface area (Å²) in [5.74, 6) is 0.381. The van der Waals surface area contributed by atoms with E-state index < -0.39 is 0 Å². The predicted octanol–water partition coefficient (Wildman–Crippen LogP) is 1.55. The van der Waals surface area contributed by atoms with E-state index in [4.69, 9.17) is 9.47 Å². The highest BCUT2D eigenvalue weighted by Crippen LogP contribution is 2.12. The zero-order valence-electron chi connectivity index (χ0n) is 13.7. The van der Waals surface area contributed by atoms with Crippen molar-refractivity contribution in [3.05, 3.63) is 29.8 Å². The molecule has 5 nitrogen and oxygen atoms in total. The van der Waals surface area contributed by atoms with Crippen LogP contribution in [-0.4, -0.2) is 68.3 Å². The average molecular weight is 306 g/mol. The van der Waals surface area contributed by atoms with Crippen molar-refractivity contribution in [2.45, 2.75) is 20.0 Å². The SMILES string of the molecule is Cc1cccc(OCC(=O)OC(C)CN2CCN(C)CC2)c1. The Balaban J connectivity index is 1.67. The van der Waals surface area contributed by atoms with Gasteiger partial charge in [-0.1, -0.05) is 12.1 Å². The Bertz CT molecular complexity index is 485. The van der Waals surface area contributed by atoms with Crippen LogP contribution in [-0.2, 0) is 9.53 Å². The van der Waals surface area contributed by atoms with Crippen LogP contribution in [0.3, 0.4) is 0 Å². The highest BCUT2D eigenvalue weighted by molar-refractivity contribution is 5.71. The molecular formula is C17H26N2O3. The first-order valence-electron chi connectivity index (χ1n) is 7.83. The van der Waals surface area contributed by atoms with Gasteiger partial charge in [0.25, 0.3) is 0 Å². The molecule has 1 aliphatic heterocycles. The fourth-order valence-electron chi connectivity index (χ4n) is 2.54. The number of rotatable bonds is 6. The maximum atomic E-state index is 11.8. The van der Waals surface area contributed by atoms with Crippen LogP contribution in [0.1, 0.15) is 12.5 Å². The van der Waals surface area contributed by atoms with Gasteiger partial charge in [-0.3, -0.25) is 4.90 Å². The Morgan fingerprint density at radius 3 is 2.68 bits per heavy atom. The zero-order chi connectivity index (χ0) is 15.9. The molecule has 2 rings (SSSR count). The highest BCUT2D eigenvalue weighted by atomic mass is 16.6. The van der Waals surface area contributed by atoms with Crippen LogP contribution in [0.15, 0.2) is 24.3 Å². The highest BCUT2D eigenvalue weighted by Gasteiger charge is 2.18. The number of carbonyl (C=O) groups excluding carboxylic acids is 1. The van der Waals surface area contributed by atoms with Gasteiger partial charge in [0.05, 0.1) is 0 Å². The summed E-state index contributed by atoms with van der Waals surface area (Å²) in [6, 6.07) is 7.64. The first-order chi connectivity index (χ1) is 10.5. The van der Waals surface area contributed by atoms with Crippen LogP contribution in [0.25, 0.3) is 0 Å². The third kappa shape index (κ3) is 5.66. The van der Waals surface area contributed by atoms with Gasteiger partial charge >= 0.3 is 5.97 Å². The van der Waals surface area contributed by atoms with Crippen LogP contribution < -0.4 is 4.74 Å². The van der Waals surface area contributed by atoms with Gasteiger partial charge in [-0.15, -0.1) is 0 Å². The Morgan fingerprint density at radius 2 is 2.00 bits per heavy atom.